The van der Waals surface area contributed by atoms with Gasteiger partial charge in [0, 0.05) is 0 Å². The van der Waals surface area contributed by atoms with E-state index in [0.29, 0.717) is 0 Å². The van der Waals surface area contributed by atoms with Gasteiger partial charge in [-0.15, -0.1) is 0 Å². The van der Waals surface area contributed by atoms with E-state index in [0.717, 1.165) is 36.1 Å². The summed E-state index contributed by atoms with van der Waals surface area (Å²) in [6.45, 7) is 11.3. The molecule has 0 radical (unpaired) electrons. The molecule has 1 aromatic rings. The largest absolute Gasteiger partial charge is 0.497 e. The normalized spacial score (nSPS) is 19.6. The van der Waals surface area contributed by atoms with Crippen LogP contribution >= 0.6 is 0 Å². The highest BCUT2D eigenvalue weighted by Gasteiger charge is 2.29. The van der Waals surface area contributed by atoms with Gasteiger partial charge in [-0.1, -0.05) is 43.5 Å². The average molecular weight is 302 g/mol. The molecule has 1 aliphatic rings. The van der Waals surface area contributed by atoms with Gasteiger partial charge in [0.1, 0.15) is 5.75 Å². The zero-order valence-corrected chi connectivity index (χ0v) is 14.6. The SMILES string of the molecule is C=C(C1=C(c2ccc(OC)cc2)C(O)CCC1)[Si](C)(C)C. The molecule has 0 saturated heterocycles. The third-order valence-corrected chi connectivity index (χ3v) is 6.35. The number of allylic oxidation sites excluding steroid dienone is 2. The van der Waals surface area contributed by atoms with Crippen LogP contribution in [0.25, 0.3) is 5.57 Å². The van der Waals surface area contributed by atoms with Crippen LogP contribution in [-0.2, 0) is 0 Å². The number of methoxy groups -OCH3 is 1. The molecule has 114 valence electrons. The van der Waals surface area contributed by atoms with Crippen molar-refractivity contribution in [2.45, 2.75) is 45.0 Å². The Kier molecular flexibility index (Phi) is 4.74. The highest BCUT2D eigenvalue weighted by molar-refractivity contribution is 6.84. The Labute approximate surface area is 129 Å². The van der Waals surface area contributed by atoms with E-state index in [9.17, 15) is 5.11 Å². The van der Waals surface area contributed by atoms with Crippen LogP contribution in [0.2, 0.25) is 19.6 Å². The van der Waals surface area contributed by atoms with Gasteiger partial charge in [-0.05, 0) is 48.1 Å². The van der Waals surface area contributed by atoms with Gasteiger partial charge in [-0.2, -0.15) is 0 Å². The first-order valence-electron chi connectivity index (χ1n) is 7.60. The van der Waals surface area contributed by atoms with Crippen molar-refractivity contribution in [2.24, 2.45) is 0 Å². The highest BCUT2D eigenvalue weighted by atomic mass is 28.3. The summed E-state index contributed by atoms with van der Waals surface area (Å²) in [5.74, 6) is 0.843. The van der Waals surface area contributed by atoms with Crippen molar-refractivity contribution >= 4 is 13.6 Å². The Morgan fingerprint density at radius 1 is 1.24 bits per heavy atom. The summed E-state index contributed by atoms with van der Waals surface area (Å²) in [4.78, 5) is 0. The summed E-state index contributed by atoms with van der Waals surface area (Å²) in [6.07, 6.45) is 2.53. The number of hydrogen-bond acceptors (Lipinski definition) is 2. The van der Waals surface area contributed by atoms with Crippen LogP contribution < -0.4 is 4.74 Å². The fourth-order valence-corrected chi connectivity index (χ4v) is 4.02. The smallest absolute Gasteiger partial charge is 0.118 e. The van der Waals surface area contributed by atoms with Gasteiger partial charge in [0.05, 0.1) is 21.3 Å². The molecule has 21 heavy (non-hydrogen) atoms. The van der Waals surface area contributed by atoms with Crippen molar-refractivity contribution in [3.05, 3.63) is 47.2 Å². The molecule has 0 spiro atoms. The Hall–Kier alpha value is -1.32. The van der Waals surface area contributed by atoms with Crippen LogP contribution in [0, 0.1) is 0 Å². The number of benzene rings is 1. The molecule has 1 N–H and O–H groups in total. The second-order valence-corrected chi connectivity index (χ2v) is 11.9. The number of aliphatic hydroxyl groups is 1. The fourth-order valence-electron chi connectivity index (χ4n) is 2.86. The standard InChI is InChI=1S/C18H26O2Si/c1-13(21(3,4)5)16-7-6-8-17(19)18(16)14-9-11-15(20-2)12-10-14/h9-12,17,19H,1,6-8H2,2-5H3. The van der Waals surface area contributed by atoms with Gasteiger partial charge in [0.15, 0.2) is 0 Å². The van der Waals surface area contributed by atoms with Crippen LogP contribution in [0.3, 0.4) is 0 Å². The predicted molar refractivity (Wildman–Crippen MR) is 92.3 cm³/mol. The molecule has 1 atom stereocenters. The maximum Gasteiger partial charge on any atom is 0.118 e. The zero-order chi connectivity index (χ0) is 15.6. The van der Waals surface area contributed by atoms with Gasteiger partial charge < -0.3 is 9.84 Å². The van der Waals surface area contributed by atoms with Crippen molar-refractivity contribution in [1.82, 2.24) is 0 Å². The van der Waals surface area contributed by atoms with E-state index in [1.54, 1.807) is 7.11 Å². The Morgan fingerprint density at radius 3 is 2.38 bits per heavy atom. The molecule has 0 heterocycles. The van der Waals surface area contributed by atoms with Crippen molar-refractivity contribution in [3.63, 3.8) is 0 Å². The molecular weight excluding hydrogens is 276 g/mol. The number of rotatable bonds is 4. The van der Waals surface area contributed by atoms with Crippen LogP contribution in [-0.4, -0.2) is 26.4 Å². The summed E-state index contributed by atoms with van der Waals surface area (Å²) in [5.41, 5.74) is 3.46. The van der Waals surface area contributed by atoms with Gasteiger partial charge in [0.2, 0.25) is 0 Å². The lowest BCUT2D eigenvalue weighted by Crippen LogP contribution is -2.28. The minimum absolute atomic E-state index is 0.379. The average Bonchev–Trinajstić information content (AvgIpc) is 2.45. The van der Waals surface area contributed by atoms with Crippen molar-refractivity contribution in [1.29, 1.82) is 0 Å². The highest BCUT2D eigenvalue weighted by Crippen LogP contribution is 2.38. The first-order valence-corrected chi connectivity index (χ1v) is 11.1. The predicted octanol–water partition coefficient (Wildman–Crippen LogP) is 4.43. The van der Waals surface area contributed by atoms with Crippen LogP contribution in [0.15, 0.2) is 41.6 Å². The molecule has 0 fully saturated rings. The molecule has 0 saturated carbocycles. The number of hydrogen-bond donors (Lipinski definition) is 1. The molecule has 1 unspecified atom stereocenters. The molecule has 0 aromatic heterocycles. The van der Waals surface area contributed by atoms with Gasteiger partial charge in [-0.3, -0.25) is 0 Å². The summed E-state index contributed by atoms with van der Waals surface area (Å²) < 4.78 is 5.22. The molecule has 2 nitrogen and oxygen atoms in total. The monoisotopic (exact) mass is 302 g/mol. The molecule has 1 aromatic carbocycles. The quantitative estimate of drug-likeness (QED) is 0.834. The summed E-state index contributed by atoms with van der Waals surface area (Å²) in [5, 5.41) is 11.8. The molecular formula is C18H26O2Si. The second-order valence-electron chi connectivity index (χ2n) is 6.76. The molecule has 1 aliphatic carbocycles. The minimum atomic E-state index is -1.46. The lowest BCUT2D eigenvalue weighted by atomic mass is 9.85. The zero-order valence-electron chi connectivity index (χ0n) is 13.6. The van der Waals surface area contributed by atoms with Crippen molar-refractivity contribution in [2.75, 3.05) is 7.11 Å². The van der Waals surface area contributed by atoms with E-state index in [1.807, 2.05) is 24.3 Å². The lowest BCUT2D eigenvalue weighted by molar-refractivity contribution is 0.213. The van der Waals surface area contributed by atoms with Gasteiger partial charge >= 0.3 is 0 Å². The van der Waals surface area contributed by atoms with E-state index in [1.165, 1.54) is 10.8 Å². The third-order valence-electron chi connectivity index (χ3n) is 4.23. The van der Waals surface area contributed by atoms with E-state index in [2.05, 4.69) is 26.2 Å². The van der Waals surface area contributed by atoms with E-state index in [-0.39, 0.29) is 6.10 Å². The third kappa shape index (κ3) is 3.47. The molecule has 3 heteroatoms. The lowest BCUT2D eigenvalue weighted by Gasteiger charge is -2.31. The number of ether oxygens (including phenoxy) is 1. The molecule has 0 bridgehead atoms. The first-order chi connectivity index (χ1) is 9.84. The Bertz CT molecular complexity index is 550. The topological polar surface area (TPSA) is 29.5 Å². The Morgan fingerprint density at radius 2 is 1.86 bits per heavy atom. The van der Waals surface area contributed by atoms with E-state index in [4.69, 9.17) is 4.74 Å². The summed E-state index contributed by atoms with van der Waals surface area (Å²) >= 11 is 0. The van der Waals surface area contributed by atoms with Crippen LogP contribution in [0.5, 0.6) is 5.75 Å². The fraction of sp³-hybridized carbons (Fsp3) is 0.444. The second kappa shape index (κ2) is 6.20. The van der Waals surface area contributed by atoms with Crippen molar-refractivity contribution in [3.8, 4) is 5.75 Å². The molecule has 2 rings (SSSR count). The van der Waals surface area contributed by atoms with E-state index >= 15 is 0 Å². The summed E-state index contributed by atoms with van der Waals surface area (Å²) in [7, 11) is 0.211. The first kappa shape index (κ1) is 16.1. The van der Waals surface area contributed by atoms with Gasteiger partial charge in [-0.25, -0.2) is 0 Å². The maximum absolute atomic E-state index is 10.5. The van der Waals surface area contributed by atoms with Crippen molar-refractivity contribution < 1.29 is 9.84 Å². The number of aliphatic hydroxyl groups excluding tert-OH is 1. The van der Waals surface area contributed by atoms with E-state index < -0.39 is 8.07 Å². The van der Waals surface area contributed by atoms with Gasteiger partial charge in [0.25, 0.3) is 0 Å². The van der Waals surface area contributed by atoms with Crippen LogP contribution in [0.4, 0.5) is 0 Å². The minimum Gasteiger partial charge on any atom is -0.497 e. The van der Waals surface area contributed by atoms with Crippen LogP contribution in [0.1, 0.15) is 24.8 Å². The molecule has 0 amide bonds. The summed E-state index contributed by atoms with van der Waals surface area (Å²) in [6, 6.07) is 8.00. The Balaban J connectivity index is 2.50. The molecule has 0 aliphatic heterocycles. The maximum atomic E-state index is 10.5.